The molecule has 0 aliphatic heterocycles. The van der Waals surface area contributed by atoms with E-state index in [1.165, 1.54) is 35.1 Å². The van der Waals surface area contributed by atoms with Gasteiger partial charge in [-0.05, 0) is 66.5 Å². The molecule has 0 saturated carbocycles. The molecule has 2 amide bonds. The maximum absolute atomic E-state index is 11.0. The summed E-state index contributed by atoms with van der Waals surface area (Å²) in [6.07, 6.45) is 6.72. The van der Waals surface area contributed by atoms with Crippen LogP contribution in [-0.2, 0) is 25.7 Å². The average molecular weight is 238 g/mol. The summed E-state index contributed by atoms with van der Waals surface area (Å²) in [6.45, 7) is 0. The topological polar surface area (TPSA) is 52.9 Å². The van der Waals surface area contributed by atoms with Crippen molar-refractivity contribution in [2.75, 3.05) is 5.32 Å². The van der Waals surface area contributed by atoms with Crippen LogP contribution in [0.15, 0.2) is 6.07 Å². The molecule has 0 radical (unpaired) electrons. The molecule has 0 aromatic heterocycles. The van der Waals surface area contributed by atoms with Crippen molar-refractivity contribution in [3.63, 3.8) is 0 Å². The average Bonchev–Trinajstić information content (AvgIpc) is 2.83. The normalized spacial score (nSPS) is 16.0. The fourth-order valence-electron chi connectivity index (χ4n) is 3.08. The molecule has 17 heavy (non-hydrogen) atoms. The van der Waals surface area contributed by atoms with Gasteiger partial charge in [0.1, 0.15) is 0 Å². The predicted molar refractivity (Wildman–Crippen MR) is 63.8 cm³/mol. The van der Waals surface area contributed by atoms with E-state index in [0.29, 0.717) is 0 Å². The molecule has 0 heterocycles. The van der Waals surface area contributed by atoms with Crippen molar-refractivity contribution in [3.8, 4) is 0 Å². The van der Waals surface area contributed by atoms with Gasteiger partial charge in [-0.2, -0.15) is 0 Å². The number of rotatable bonds is 1. The van der Waals surface area contributed by atoms with Gasteiger partial charge in [-0.1, -0.05) is 6.07 Å². The Labute approximate surface area is 123 Å². The smallest absolute Gasteiger partial charge is 0.447 e. The van der Waals surface area contributed by atoms with E-state index in [0.717, 1.165) is 31.4 Å². The maximum Gasteiger partial charge on any atom is 1.00 e. The van der Waals surface area contributed by atoms with Crippen molar-refractivity contribution >= 4 is 11.7 Å². The zero-order valence-electron chi connectivity index (χ0n) is 10.2. The number of hydrogen-bond donors (Lipinski definition) is 1. The number of hydrogen-bond acceptors (Lipinski definition) is 1. The molecule has 3 rings (SSSR count). The molecule has 0 bridgehead atoms. The van der Waals surface area contributed by atoms with E-state index in [-0.39, 0.29) is 29.6 Å². The second kappa shape index (κ2) is 5.01. The number of amides is 2. The van der Waals surface area contributed by atoms with Crippen LogP contribution < -0.4 is 34.9 Å². The Bertz CT molecular complexity index is 439. The Balaban J connectivity index is 0.00000108. The molecule has 0 unspecified atom stereocenters. The number of urea groups is 1. The van der Waals surface area contributed by atoms with Gasteiger partial charge >= 0.3 is 29.6 Å². The molecule has 2 N–H and O–H groups in total. The van der Waals surface area contributed by atoms with Crippen molar-refractivity contribution in [2.24, 2.45) is 0 Å². The van der Waals surface area contributed by atoms with E-state index in [2.05, 4.69) is 11.4 Å². The molecule has 0 spiro atoms. The fraction of sp³-hybridized carbons (Fsp3) is 0.462. The van der Waals surface area contributed by atoms with Crippen LogP contribution in [0.1, 0.15) is 35.1 Å². The van der Waals surface area contributed by atoms with E-state index in [9.17, 15) is 4.79 Å². The molecule has 0 atom stereocenters. The monoisotopic (exact) mass is 238 g/mol. The van der Waals surface area contributed by atoms with Gasteiger partial charge in [-0.15, -0.1) is 0 Å². The Hall–Kier alpha value is -0.510. The van der Waals surface area contributed by atoms with Gasteiger partial charge in [0.05, 0.1) is 0 Å². The predicted octanol–water partition coefficient (Wildman–Crippen LogP) is 0.252. The van der Waals surface area contributed by atoms with Crippen molar-refractivity contribution in [2.45, 2.75) is 38.5 Å². The summed E-state index contributed by atoms with van der Waals surface area (Å²) in [4.78, 5) is 11.0. The molecule has 3 nitrogen and oxygen atoms in total. The van der Waals surface area contributed by atoms with Crippen LogP contribution in [-0.4, -0.2) is 6.03 Å². The molecule has 0 fully saturated rings. The number of nitrogens with one attached hydrogen (secondary N) is 2. The Morgan fingerprint density at radius 1 is 1.06 bits per heavy atom. The summed E-state index contributed by atoms with van der Waals surface area (Å²) in [5.41, 5.74) is 13.4. The van der Waals surface area contributed by atoms with Crippen LogP contribution in [0.4, 0.5) is 10.5 Å². The van der Waals surface area contributed by atoms with Crippen LogP contribution in [0.5, 0.6) is 0 Å². The SMILES string of the molecule is [NH-]C(=O)Nc1c2c(cc3c1CCC3)CCC2.[Na+]. The van der Waals surface area contributed by atoms with Gasteiger partial charge in [0, 0.05) is 0 Å². The van der Waals surface area contributed by atoms with Gasteiger partial charge in [-0.3, -0.25) is 4.79 Å². The van der Waals surface area contributed by atoms with Crippen LogP contribution in [0.25, 0.3) is 5.73 Å². The molecule has 1 aromatic rings. The fourth-order valence-corrected chi connectivity index (χ4v) is 3.08. The van der Waals surface area contributed by atoms with E-state index < -0.39 is 6.03 Å². The zero-order valence-corrected chi connectivity index (χ0v) is 12.2. The second-order valence-corrected chi connectivity index (χ2v) is 4.69. The number of fused-ring (bicyclic) bond motifs is 2. The van der Waals surface area contributed by atoms with Crippen LogP contribution in [0, 0.1) is 0 Å². The van der Waals surface area contributed by atoms with Crippen LogP contribution in [0.2, 0.25) is 0 Å². The third-order valence-corrected chi connectivity index (χ3v) is 3.71. The first kappa shape index (κ1) is 12.9. The molecule has 0 saturated heterocycles. The van der Waals surface area contributed by atoms with E-state index in [1.54, 1.807) is 0 Å². The van der Waals surface area contributed by atoms with Gasteiger partial charge < -0.3 is 11.1 Å². The van der Waals surface area contributed by atoms with Gasteiger partial charge in [-0.25, -0.2) is 0 Å². The first-order chi connectivity index (χ1) is 7.75. The van der Waals surface area contributed by atoms with Gasteiger partial charge in [0.25, 0.3) is 0 Å². The summed E-state index contributed by atoms with van der Waals surface area (Å²) >= 11 is 0. The second-order valence-electron chi connectivity index (χ2n) is 4.69. The number of carbonyl (C=O) groups excluding carboxylic acids is 1. The summed E-state index contributed by atoms with van der Waals surface area (Å²) in [6, 6.07) is 1.64. The van der Waals surface area contributed by atoms with Crippen LogP contribution >= 0.6 is 0 Å². The van der Waals surface area contributed by atoms with Gasteiger partial charge in [0.2, 0.25) is 0 Å². The molecule has 1 aromatic carbocycles. The minimum Gasteiger partial charge on any atom is -0.447 e. The van der Waals surface area contributed by atoms with Gasteiger partial charge in [0.15, 0.2) is 6.03 Å². The zero-order chi connectivity index (χ0) is 11.1. The third kappa shape index (κ3) is 2.24. The van der Waals surface area contributed by atoms with Crippen molar-refractivity contribution in [3.05, 3.63) is 34.1 Å². The minimum absolute atomic E-state index is 0. The molecular formula is C13H15N2NaO. The van der Waals surface area contributed by atoms with Crippen molar-refractivity contribution in [1.29, 1.82) is 0 Å². The molecule has 2 aliphatic carbocycles. The first-order valence-electron chi connectivity index (χ1n) is 5.95. The first-order valence-corrected chi connectivity index (χ1v) is 5.95. The Morgan fingerprint density at radius 3 is 2.06 bits per heavy atom. The number of aryl methyl sites for hydroxylation is 2. The largest absolute Gasteiger partial charge is 1.00 e. The molecule has 4 heteroatoms. The number of anilines is 1. The molecule has 2 aliphatic rings. The molecule has 84 valence electrons. The standard InChI is InChI=1S/C13H16N2O.Na/c14-13(16)15-12-10-5-1-3-8(10)7-9-4-2-6-11(9)12;/h7H,1-6H2,(H3,14,15,16);/q;+1/p-1. The van der Waals surface area contributed by atoms with Crippen LogP contribution in [0.3, 0.4) is 0 Å². The molecular weight excluding hydrogens is 223 g/mol. The Kier molecular flexibility index (Phi) is 3.81. The number of carbonyl (C=O) groups is 1. The summed E-state index contributed by atoms with van der Waals surface area (Å²) < 4.78 is 0. The summed E-state index contributed by atoms with van der Waals surface area (Å²) in [5, 5.41) is 2.73. The summed E-state index contributed by atoms with van der Waals surface area (Å²) in [7, 11) is 0. The van der Waals surface area contributed by atoms with Crippen molar-refractivity contribution < 1.29 is 34.4 Å². The van der Waals surface area contributed by atoms with Crippen molar-refractivity contribution in [1.82, 2.24) is 0 Å². The third-order valence-electron chi connectivity index (χ3n) is 3.71. The quantitative estimate of drug-likeness (QED) is 0.701. The van der Waals surface area contributed by atoms with E-state index in [4.69, 9.17) is 5.73 Å². The summed E-state index contributed by atoms with van der Waals surface area (Å²) in [5.74, 6) is 0. The minimum atomic E-state index is -0.686. The van der Waals surface area contributed by atoms with E-state index in [1.807, 2.05) is 0 Å². The Morgan fingerprint density at radius 2 is 1.59 bits per heavy atom. The number of benzene rings is 1. The maximum atomic E-state index is 11.0. The van der Waals surface area contributed by atoms with E-state index >= 15 is 0 Å².